The van der Waals surface area contributed by atoms with Gasteiger partial charge in [0.15, 0.2) is 0 Å². The summed E-state index contributed by atoms with van der Waals surface area (Å²) >= 11 is 1.68. The highest BCUT2D eigenvalue weighted by molar-refractivity contribution is 7.17. The highest BCUT2D eigenvalue weighted by atomic mass is 32.1. The lowest BCUT2D eigenvalue weighted by Gasteiger charge is -2.05. The molecule has 0 amide bonds. The van der Waals surface area contributed by atoms with Crippen LogP contribution in [0.25, 0.3) is 10.1 Å². The Morgan fingerprint density at radius 1 is 1.50 bits per heavy atom. The van der Waals surface area contributed by atoms with Crippen LogP contribution in [0.4, 0.5) is 0 Å². The molecule has 3 heteroatoms. The molecule has 1 unspecified atom stereocenters. The monoisotopic (exact) mass is 234 g/mol. The van der Waals surface area contributed by atoms with Crippen LogP contribution in [0.3, 0.4) is 0 Å². The molecule has 1 heterocycles. The van der Waals surface area contributed by atoms with Crippen LogP contribution in [-0.4, -0.2) is 11.1 Å². The first-order valence-corrected chi connectivity index (χ1v) is 6.15. The van der Waals surface area contributed by atoms with E-state index in [1.54, 1.807) is 18.3 Å². The summed E-state index contributed by atoms with van der Waals surface area (Å²) in [6, 6.07) is 6.32. The number of benzene rings is 1. The van der Waals surface area contributed by atoms with Crippen molar-refractivity contribution in [2.75, 3.05) is 0 Å². The fraction of sp³-hybridized carbons (Fsp3) is 0.308. The molecule has 2 aromatic rings. The summed E-state index contributed by atoms with van der Waals surface area (Å²) in [5.41, 5.74) is 2.37. The number of rotatable bonds is 3. The maximum Gasteiger partial charge on any atom is 0.306 e. The van der Waals surface area contributed by atoms with Crippen molar-refractivity contribution in [3.63, 3.8) is 0 Å². The Balaban J connectivity index is 2.37. The average molecular weight is 234 g/mol. The summed E-state index contributed by atoms with van der Waals surface area (Å²) in [5.74, 6) is -1.05. The van der Waals surface area contributed by atoms with Crippen molar-refractivity contribution in [3.05, 3.63) is 34.7 Å². The van der Waals surface area contributed by atoms with E-state index in [0.717, 1.165) is 5.56 Å². The molecule has 84 valence electrons. The van der Waals surface area contributed by atoms with E-state index in [9.17, 15) is 4.79 Å². The number of aryl methyl sites for hydroxylation is 1. The largest absolute Gasteiger partial charge is 0.481 e. The number of aliphatic carboxylic acids is 1. The first-order chi connectivity index (χ1) is 7.58. The smallest absolute Gasteiger partial charge is 0.306 e. The third-order valence-corrected chi connectivity index (χ3v) is 3.77. The second-order valence-corrected chi connectivity index (χ2v) is 5.12. The first kappa shape index (κ1) is 11.1. The van der Waals surface area contributed by atoms with Crippen molar-refractivity contribution in [3.8, 4) is 0 Å². The number of fused-ring (bicyclic) bond motifs is 1. The lowest BCUT2D eigenvalue weighted by atomic mass is 10.00. The molecule has 0 spiro atoms. The van der Waals surface area contributed by atoms with Gasteiger partial charge in [-0.1, -0.05) is 24.6 Å². The molecular weight excluding hydrogens is 220 g/mol. The standard InChI is InChI=1S/C13H14O2S/c1-8-3-4-12-11(5-8)10(7-16-12)6-9(2)13(14)15/h3-5,7,9H,6H2,1-2H3,(H,14,15). The van der Waals surface area contributed by atoms with Gasteiger partial charge in [-0.3, -0.25) is 4.79 Å². The zero-order valence-electron chi connectivity index (χ0n) is 9.36. The molecule has 2 rings (SSSR count). The number of hydrogen-bond acceptors (Lipinski definition) is 2. The summed E-state index contributed by atoms with van der Waals surface area (Å²) < 4.78 is 1.23. The van der Waals surface area contributed by atoms with Crippen LogP contribution in [0.5, 0.6) is 0 Å². The van der Waals surface area contributed by atoms with E-state index in [1.165, 1.54) is 15.6 Å². The van der Waals surface area contributed by atoms with Crippen molar-refractivity contribution in [2.24, 2.45) is 5.92 Å². The van der Waals surface area contributed by atoms with Crippen LogP contribution >= 0.6 is 11.3 Å². The van der Waals surface area contributed by atoms with Gasteiger partial charge in [-0.05, 0) is 35.7 Å². The Morgan fingerprint density at radius 2 is 2.25 bits per heavy atom. The van der Waals surface area contributed by atoms with Gasteiger partial charge in [0.2, 0.25) is 0 Å². The zero-order valence-corrected chi connectivity index (χ0v) is 10.2. The topological polar surface area (TPSA) is 37.3 Å². The number of hydrogen-bond donors (Lipinski definition) is 1. The Bertz CT molecular complexity index is 528. The molecule has 1 atom stereocenters. The van der Waals surface area contributed by atoms with E-state index in [2.05, 4.69) is 30.5 Å². The molecule has 0 radical (unpaired) electrons. The van der Waals surface area contributed by atoms with Gasteiger partial charge < -0.3 is 5.11 Å². The van der Waals surface area contributed by atoms with Crippen LogP contribution in [0, 0.1) is 12.8 Å². The number of carbonyl (C=O) groups is 1. The van der Waals surface area contributed by atoms with Crippen LogP contribution < -0.4 is 0 Å². The molecule has 16 heavy (non-hydrogen) atoms. The SMILES string of the molecule is Cc1ccc2scc(CC(C)C(=O)O)c2c1. The van der Waals surface area contributed by atoms with Gasteiger partial charge in [0.25, 0.3) is 0 Å². The minimum Gasteiger partial charge on any atom is -0.481 e. The molecule has 0 saturated heterocycles. The highest BCUT2D eigenvalue weighted by Gasteiger charge is 2.14. The van der Waals surface area contributed by atoms with Gasteiger partial charge in [0.1, 0.15) is 0 Å². The fourth-order valence-electron chi connectivity index (χ4n) is 1.77. The van der Waals surface area contributed by atoms with Crippen molar-refractivity contribution in [1.29, 1.82) is 0 Å². The Hall–Kier alpha value is -1.35. The van der Waals surface area contributed by atoms with Crippen LogP contribution in [0.1, 0.15) is 18.1 Å². The van der Waals surface area contributed by atoms with E-state index in [-0.39, 0.29) is 5.92 Å². The summed E-state index contributed by atoms with van der Waals surface area (Å²) in [6.45, 7) is 3.81. The molecule has 0 saturated carbocycles. The predicted molar refractivity (Wildman–Crippen MR) is 67.1 cm³/mol. The molecule has 0 aliphatic carbocycles. The molecule has 1 aromatic heterocycles. The predicted octanol–water partition coefficient (Wildman–Crippen LogP) is 3.47. The Kier molecular flexibility index (Phi) is 2.97. The molecule has 1 aromatic carbocycles. The third kappa shape index (κ3) is 2.09. The van der Waals surface area contributed by atoms with Crippen molar-refractivity contribution in [1.82, 2.24) is 0 Å². The highest BCUT2D eigenvalue weighted by Crippen LogP contribution is 2.28. The van der Waals surface area contributed by atoms with Crippen molar-refractivity contribution >= 4 is 27.4 Å². The zero-order chi connectivity index (χ0) is 11.7. The summed E-state index contributed by atoms with van der Waals surface area (Å²) in [5, 5.41) is 12.2. The van der Waals surface area contributed by atoms with Crippen LogP contribution in [0.2, 0.25) is 0 Å². The molecule has 1 N–H and O–H groups in total. The van der Waals surface area contributed by atoms with Gasteiger partial charge in [0.05, 0.1) is 5.92 Å². The number of carboxylic acid groups (broad SMARTS) is 1. The van der Waals surface area contributed by atoms with E-state index in [1.807, 2.05) is 0 Å². The fourth-order valence-corrected chi connectivity index (χ4v) is 2.73. The minimum absolute atomic E-state index is 0.321. The quantitative estimate of drug-likeness (QED) is 0.882. The van der Waals surface area contributed by atoms with Crippen molar-refractivity contribution in [2.45, 2.75) is 20.3 Å². The van der Waals surface area contributed by atoms with Gasteiger partial charge in [0, 0.05) is 4.70 Å². The number of carboxylic acids is 1. The third-order valence-electron chi connectivity index (χ3n) is 2.76. The van der Waals surface area contributed by atoms with E-state index < -0.39 is 5.97 Å². The second kappa shape index (κ2) is 4.26. The lowest BCUT2D eigenvalue weighted by molar-refractivity contribution is -0.141. The van der Waals surface area contributed by atoms with E-state index in [0.29, 0.717) is 6.42 Å². The summed E-state index contributed by atoms with van der Waals surface area (Å²) in [7, 11) is 0. The van der Waals surface area contributed by atoms with Crippen LogP contribution in [0.15, 0.2) is 23.6 Å². The number of thiophene rings is 1. The van der Waals surface area contributed by atoms with E-state index >= 15 is 0 Å². The lowest BCUT2D eigenvalue weighted by Crippen LogP contribution is -2.11. The van der Waals surface area contributed by atoms with Gasteiger partial charge in [-0.15, -0.1) is 11.3 Å². The van der Waals surface area contributed by atoms with Gasteiger partial charge >= 0.3 is 5.97 Å². The van der Waals surface area contributed by atoms with Gasteiger partial charge in [-0.2, -0.15) is 0 Å². The second-order valence-electron chi connectivity index (χ2n) is 4.20. The average Bonchev–Trinajstić information content (AvgIpc) is 2.61. The normalized spacial score (nSPS) is 12.9. The van der Waals surface area contributed by atoms with Gasteiger partial charge in [-0.25, -0.2) is 0 Å². The van der Waals surface area contributed by atoms with Crippen molar-refractivity contribution < 1.29 is 9.90 Å². The Morgan fingerprint density at radius 3 is 2.94 bits per heavy atom. The minimum atomic E-state index is -0.730. The molecule has 2 nitrogen and oxygen atoms in total. The molecule has 0 aliphatic rings. The molecule has 0 bridgehead atoms. The molecular formula is C13H14O2S. The Labute approximate surface area is 98.5 Å². The summed E-state index contributed by atoms with van der Waals surface area (Å²) in [4.78, 5) is 10.8. The van der Waals surface area contributed by atoms with E-state index in [4.69, 9.17) is 5.11 Å². The first-order valence-electron chi connectivity index (χ1n) is 5.27. The van der Waals surface area contributed by atoms with Crippen LogP contribution in [-0.2, 0) is 11.2 Å². The molecule has 0 aliphatic heterocycles. The maximum absolute atomic E-state index is 10.8. The summed E-state index contributed by atoms with van der Waals surface area (Å²) in [6.07, 6.45) is 0.610. The maximum atomic E-state index is 10.8. The molecule has 0 fully saturated rings.